The largest absolute Gasteiger partial charge is 0.387 e. The van der Waals surface area contributed by atoms with Crippen molar-refractivity contribution >= 4 is 0 Å². The number of rotatable bonds is 0. The molecule has 0 radical (unpaired) electrons. The van der Waals surface area contributed by atoms with E-state index in [-0.39, 0.29) is 0 Å². The molecule has 1 aliphatic rings. The molecule has 0 bridgehead atoms. The summed E-state index contributed by atoms with van der Waals surface area (Å²) in [6.45, 7) is 4.58. The minimum Gasteiger partial charge on any atom is -0.387 e. The smallest absolute Gasteiger partial charge is 0.103 e. The zero-order valence-corrected chi connectivity index (χ0v) is 6.52. The van der Waals surface area contributed by atoms with Crippen LogP contribution < -0.4 is 5.32 Å². The van der Waals surface area contributed by atoms with Crippen LogP contribution in [0.25, 0.3) is 0 Å². The maximum absolute atomic E-state index is 9.61. The fourth-order valence-electron chi connectivity index (χ4n) is 1.12. The van der Waals surface area contributed by atoms with Gasteiger partial charge in [0.15, 0.2) is 0 Å². The zero-order valence-electron chi connectivity index (χ0n) is 6.52. The molecule has 3 nitrogen and oxygen atoms in total. The monoisotopic (exact) mass is 145 g/mol. The van der Waals surface area contributed by atoms with Crippen LogP contribution >= 0.6 is 0 Å². The minimum absolute atomic E-state index is 0.472. The van der Waals surface area contributed by atoms with Crippen molar-refractivity contribution in [1.29, 1.82) is 0 Å². The summed E-state index contributed by atoms with van der Waals surface area (Å²) in [4.78, 5) is 0. The molecular weight excluding hydrogens is 130 g/mol. The van der Waals surface area contributed by atoms with Crippen molar-refractivity contribution in [3.05, 3.63) is 0 Å². The Morgan fingerprint density at radius 2 is 1.80 bits per heavy atom. The molecule has 2 unspecified atom stereocenters. The van der Waals surface area contributed by atoms with Crippen LogP contribution in [-0.4, -0.2) is 34.5 Å². The van der Waals surface area contributed by atoms with Crippen molar-refractivity contribution < 1.29 is 10.2 Å². The van der Waals surface area contributed by atoms with Crippen molar-refractivity contribution in [3.8, 4) is 0 Å². The van der Waals surface area contributed by atoms with Gasteiger partial charge in [0.25, 0.3) is 0 Å². The van der Waals surface area contributed by atoms with E-state index in [4.69, 9.17) is 0 Å². The van der Waals surface area contributed by atoms with Crippen LogP contribution in [0.5, 0.6) is 0 Å². The maximum Gasteiger partial charge on any atom is 0.103 e. The summed E-state index contributed by atoms with van der Waals surface area (Å²) in [5, 5.41) is 22.2. The molecule has 0 aliphatic carbocycles. The molecule has 3 N–H and O–H groups in total. The fraction of sp³-hybridized carbons (Fsp3) is 1.00. The molecular formula is C7H15NO2. The first-order valence-electron chi connectivity index (χ1n) is 3.61. The van der Waals surface area contributed by atoms with Gasteiger partial charge in [0.2, 0.25) is 0 Å². The van der Waals surface area contributed by atoms with E-state index in [1.54, 1.807) is 13.8 Å². The average molecular weight is 145 g/mol. The van der Waals surface area contributed by atoms with Crippen molar-refractivity contribution in [1.82, 2.24) is 5.32 Å². The summed E-state index contributed by atoms with van der Waals surface area (Å²) in [5.74, 6) is 0. The van der Waals surface area contributed by atoms with E-state index in [2.05, 4.69) is 5.32 Å². The van der Waals surface area contributed by atoms with Crippen LogP contribution in [0.2, 0.25) is 0 Å². The van der Waals surface area contributed by atoms with Crippen LogP contribution in [0.1, 0.15) is 20.3 Å². The molecule has 10 heavy (non-hydrogen) atoms. The minimum atomic E-state index is -0.981. The van der Waals surface area contributed by atoms with Gasteiger partial charge in [-0.2, -0.15) is 0 Å². The lowest BCUT2D eigenvalue weighted by Gasteiger charge is -2.42. The summed E-state index contributed by atoms with van der Waals surface area (Å²) < 4.78 is 0. The second-order valence-electron chi connectivity index (χ2n) is 3.47. The number of piperidine rings is 1. The lowest BCUT2D eigenvalue weighted by molar-refractivity contribution is -0.144. The summed E-state index contributed by atoms with van der Waals surface area (Å²) in [5.41, 5.74) is -1.91. The number of hydrogen-bond donors (Lipinski definition) is 3. The molecule has 0 saturated carbocycles. The zero-order chi connectivity index (χ0) is 7.83. The van der Waals surface area contributed by atoms with E-state index in [1.807, 2.05) is 0 Å². The van der Waals surface area contributed by atoms with Crippen molar-refractivity contribution in [2.75, 3.05) is 13.1 Å². The Labute approximate surface area is 61.1 Å². The van der Waals surface area contributed by atoms with Gasteiger partial charge in [-0.05, 0) is 26.8 Å². The Hall–Kier alpha value is -0.120. The van der Waals surface area contributed by atoms with Crippen LogP contribution in [0.3, 0.4) is 0 Å². The van der Waals surface area contributed by atoms with Crippen molar-refractivity contribution in [3.63, 3.8) is 0 Å². The first-order valence-corrected chi connectivity index (χ1v) is 3.61. The lowest BCUT2D eigenvalue weighted by Crippen LogP contribution is -2.60. The van der Waals surface area contributed by atoms with Crippen LogP contribution in [0.4, 0.5) is 0 Å². The normalized spacial score (nSPS) is 49.2. The second-order valence-corrected chi connectivity index (χ2v) is 3.47. The predicted octanol–water partition coefficient (Wildman–Crippen LogP) is -0.518. The van der Waals surface area contributed by atoms with Crippen molar-refractivity contribution in [2.45, 2.75) is 31.5 Å². The highest BCUT2D eigenvalue weighted by molar-refractivity contribution is 4.98. The molecule has 1 rings (SSSR count). The molecule has 60 valence electrons. The van der Waals surface area contributed by atoms with Gasteiger partial charge < -0.3 is 15.5 Å². The first kappa shape index (κ1) is 7.98. The third-order valence-corrected chi connectivity index (χ3v) is 2.42. The molecule has 0 spiro atoms. The highest BCUT2D eigenvalue weighted by Crippen LogP contribution is 2.26. The van der Waals surface area contributed by atoms with Gasteiger partial charge in [0.05, 0.1) is 5.60 Å². The quantitative estimate of drug-likeness (QED) is 0.430. The topological polar surface area (TPSA) is 52.5 Å². The van der Waals surface area contributed by atoms with Gasteiger partial charge >= 0.3 is 0 Å². The Morgan fingerprint density at radius 3 is 2.10 bits per heavy atom. The number of nitrogens with one attached hydrogen (secondary N) is 1. The van der Waals surface area contributed by atoms with Crippen LogP contribution in [0, 0.1) is 0 Å². The SMILES string of the molecule is CC1(O)CCNCC1(C)O. The summed E-state index contributed by atoms with van der Waals surface area (Å²) in [7, 11) is 0. The van der Waals surface area contributed by atoms with E-state index in [1.165, 1.54) is 0 Å². The average Bonchev–Trinajstić information content (AvgIpc) is 1.77. The fourth-order valence-corrected chi connectivity index (χ4v) is 1.12. The summed E-state index contributed by atoms with van der Waals surface area (Å²) in [6.07, 6.45) is 0.611. The Balaban J connectivity index is 2.70. The lowest BCUT2D eigenvalue weighted by atomic mass is 9.81. The third kappa shape index (κ3) is 1.17. The predicted molar refractivity (Wildman–Crippen MR) is 38.7 cm³/mol. The van der Waals surface area contributed by atoms with Gasteiger partial charge in [-0.15, -0.1) is 0 Å². The Morgan fingerprint density at radius 1 is 1.20 bits per heavy atom. The maximum atomic E-state index is 9.61. The molecule has 0 aromatic heterocycles. The van der Waals surface area contributed by atoms with Crippen LogP contribution in [-0.2, 0) is 0 Å². The molecule has 0 aromatic rings. The molecule has 3 heteroatoms. The Kier molecular flexibility index (Phi) is 1.75. The number of β-amino-alcohol motifs (C(OH)–C–C–N with tert-alkyl or cyclic N) is 1. The van der Waals surface area contributed by atoms with E-state index >= 15 is 0 Å². The summed E-state index contributed by atoms with van der Waals surface area (Å²) >= 11 is 0. The standard InChI is InChI=1S/C7H15NO2/c1-6(9)3-4-8-5-7(6,2)10/h8-10H,3-5H2,1-2H3. The second kappa shape index (κ2) is 2.19. The molecule has 0 aromatic carbocycles. The van der Waals surface area contributed by atoms with Gasteiger partial charge in [0.1, 0.15) is 5.60 Å². The molecule has 2 atom stereocenters. The Bertz CT molecular complexity index is 116. The first-order chi connectivity index (χ1) is 4.46. The highest BCUT2D eigenvalue weighted by Gasteiger charge is 2.43. The van der Waals surface area contributed by atoms with E-state index in [0.29, 0.717) is 13.0 Å². The van der Waals surface area contributed by atoms with Gasteiger partial charge in [-0.3, -0.25) is 0 Å². The molecule has 1 aliphatic heterocycles. The molecule has 0 amide bonds. The van der Waals surface area contributed by atoms with Crippen LogP contribution in [0.15, 0.2) is 0 Å². The number of aliphatic hydroxyl groups is 2. The van der Waals surface area contributed by atoms with Crippen molar-refractivity contribution in [2.24, 2.45) is 0 Å². The number of hydrogen-bond acceptors (Lipinski definition) is 3. The molecule has 1 heterocycles. The highest BCUT2D eigenvalue weighted by atomic mass is 16.4. The molecule has 1 saturated heterocycles. The van der Waals surface area contributed by atoms with E-state index < -0.39 is 11.2 Å². The van der Waals surface area contributed by atoms with E-state index in [0.717, 1.165) is 6.54 Å². The van der Waals surface area contributed by atoms with Gasteiger partial charge in [0, 0.05) is 6.54 Å². The van der Waals surface area contributed by atoms with E-state index in [9.17, 15) is 10.2 Å². The molecule has 1 fully saturated rings. The third-order valence-electron chi connectivity index (χ3n) is 2.42. The summed E-state index contributed by atoms with van der Waals surface area (Å²) in [6, 6.07) is 0. The van der Waals surface area contributed by atoms with Gasteiger partial charge in [-0.25, -0.2) is 0 Å². The van der Waals surface area contributed by atoms with Gasteiger partial charge in [-0.1, -0.05) is 0 Å².